The van der Waals surface area contributed by atoms with E-state index in [-0.39, 0.29) is 25.0 Å². The maximum absolute atomic E-state index is 12.6. The largest absolute Gasteiger partial charge is 0.467 e. The summed E-state index contributed by atoms with van der Waals surface area (Å²) in [5, 5.41) is 2.78. The van der Waals surface area contributed by atoms with Crippen LogP contribution in [-0.2, 0) is 20.9 Å². The minimum atomic E-state index is -0.391. The van der Waals surface area contributed by atoms with Crippen molar-refractivity contribution in [1.82, 2.24) is 5.32 Å². The summed E-state index contributed by atoms with van der Waals surface area (Å²) in [5.74, 6) is 0.159. The van der Waals surface area contributed by atoms with E-state index in [0.29, 0.717) is 29.3 Å². The van der Waals surface area contributed by atoms with E-state index in [4.69, 9.17) is 9.15 Å². The van der Waals surface area contributed by atoms with E-state index >= 15 is 0 Å². The maximum Gasteiger partial charge on any atom is 0.306 e. The van der Waals surface area contributed by atoms with Gasteiger partial charge in [-0.15, -0.1) is 0 Å². The highest BCUT2D eigenvalue weighted by Gasteiger charge is 2.20. The molecule has 0 aliphatic heterocycles. The Morgan fingerprint density at radius 2 is 1.87 bits per heavy atom. The zero-order valence-corrected chi connectivity index (χ0v) is 18.0. The molecule has 166 valence electrons. The van der Waals surface area contributed by atoms with Crippen LogP contribution in [0.2, 0.25) is 0 Å². The van der Waals surface area contributed by atoms with E-state index in [0.717, 1.165) is 6.42 Å². The van der Waals surface area contributed by atoms with Crippen LogP contribution in [0.3, 0.4) is 0 Å². The number of benzene rings is 1. The van der Waals surface area contributed by atoms with Gasteiger partial charge in [0.15, 0.2) is 6.61 Å². The molecule has 1 saturated carbocycles. The van der Waals surface area contributed by atoms with Crippen molar-refractivity contribution in [3.05, 3.63) is 54.0 Å². The molecule has 1 aromatic heterocycles. The normalized spacial score (nSPS) is 14.1. The Morgan fingerprint density at radius 1 is 1.10 bits per heavy atom. The smallest absolute Gasteiger partial charge is 0.306 e. The lowest BCUT2D eigenvalue weighted by molar-refractivity contribution is -0.148. The van der Waals surface area contributed by atoms with Crippen molar-refractivity contribution in [1.29, 1.82) is 0 Å². The Morgan fingerprint density at radius 3 is 2.61 bits per heavy atom. The molecule has 1 heterocycles. The number of rotatable bonds is 9. The quantitative estimate of drug-likeness (QED) is 0.611. The maximum atomic E-state index is 12.6. The Balaban J connectivity index is 1.50. The fourth-order valence-electron chi connectivity index (χ4n) is 3.88. The van der Waals surface area contributed by atoms with E-state index in [1.807, 2.05) is 0 Å². The van der Waals surface area contributed by atoms with Crippen molar-refractivity contribution < 1.29 is 23.5 Å². The van der Waals surface area contributed by atoms with E-state index in [2.05, 4.69) is 5.32 Å². The van der Waals surface area contributed by atoms with Crippen LogP contribution in [0.4, 0.5) is 5.69 Å². The monoisotopic (exact) mass is 426 g/mol. The molecule has 0 bridgehead atoms. The predicted octanol–water partition coefficient (Wildman–Crippen LogP) is 4.08. The second kappa shape index (κ2) is 11.3. The molecular formula is C24H30N2O5. The lowest BCUT2D eigenvalue weighted by Crippen LogP contribution is -2.33. The molecule has 0 radical (unpaired) electrons. The Labute approximate surface area is 182 Å². The average molecular weight is 427 g/mol. The molecule has 1 aliphatic rings. The SMILES string of the molecule is CN(C(=O)COC(=O)CCC1CCCCC1)c1ccccc1C(=O)NCc1ccco1. The molecule has 7 heteroatoms. The number of nitrogens with zero attached hydrogens (tertiary/aromatic N) is 1. The van der Waals surface area contributed by atoms with Gasteiger partial charge in [-0.3, -0.25) is 14.4 Å². The molecule has 1 N–H and O–H groups in total. The number of likely N-dealkylation sites (N-methyl/N-ethyl adjacent to an activating group) is 1. The second-order valence-corrected chi connectivity index (χ2v) is 7.94. The number of furan rings is 1. The predicted molar refractivity (Wildman–Crippen MR) is 116 cm³/mol. The van der Waals surface area contributed by atoms with Gasteiger partial charge in [-0.05, 0) is 36.6 Å². The van der Waals surface area contributed by atoms with Gasteiger partial charge in [0.25, 0.3) is 11.8 Å². The number of anilines is 1. The molecule has 0 saturated heterocycles. The summed E-state index contributed by atoms with van der Waals surface area (Å²) >= 11 is 0. The van der Waals surface area contributed by atoms with Gasteiger partial charge in [0.1, 0.15) is 5.76 Å². The van der Waals surface area contributed by atoms with Crippen LogP contribution in [0.25, 0.3) is 0 Å². The number of hydrogen-bond donors (Lipinski definition) is 1. The van der Waals surface area contributed by atoms with Crippen molar-refractivity contribution in [2.45, 2.75) is 51.5 Å². The summed E-state index contributed by atoms with van der Waals surface area (Å²) in [4.78, 5) is 38.6. The average Bonchev–Trinajstić information content (AvgIpc) is 3.33. The van der Waals surface area contributed by atoms with Gasteiger partial charge < -0.3 is 19.4 Å². The number of hydrogen-bond acceptors (Lipinski definition) is 5. The molecular weight excluding hydrogens is 396 g/mol. The highest BCUT2D eigenvalue weighted by atomic mass is 16.5. The van der Waals surface area contributed by atoms with Crippen LogP contribution < -0.4 is 10.2 Å². The molecule has 3 rings (SSSR count). The molecule has 31 heavy (non-hydrogen) atoms. The van der Waals surface area contributed by atoms with Crippen molar-refractivity contribution in [3.8, 4) is 0 Å². The van der Waals surface area contributed by atoms with Gasteiger partial charge in [-0.1, -0.05) is 44.2 Å². The minimum absolute atomic E-state index is 0.246. The van der Waals surface area contributed by atoms with Crippen LogP contribution >= 0.6 is 0 Å². The van der Waals surface area contributed by atoms with E-state index in [1.165, 1.54) is 37.0 Å². The van der Waals surface area contributed by atoms with Gasteiger partial charge >= 0.3 is 5.97 Å². The molecule has 2 amide bonds. The summed E-state index contributed by atoms with van der Waals surface area (Å²) in [6, 6.07) is 10.3. The van der Waals surface area contributed by atoms with Crippen molar-refractivity contribution in [2.75, 3.05) is 18.6 Å². The first-order chi connectivity index (χ1) is 15.0. The minimum Gasteiger partial charge on any atom is -0.467 e. The fraction of sp³-hybridized carbons (Fsp3) is 0.458. The Hall–Kier alpha value is -3.09. The zero-order valence-electron chi connectivity index (χ0n) is 18.0. The zero-order chi connectivity index (χ0) is 22.1. The lowest BCUT2D eigenvalue weighted by atomic mass is 9.86. The van der Waals surface area contributed by atoms with Crippen LogP contribution in [-0.4, -0.2) is 31.4 Å². The molecule has 0 atom stereocenters. The third kappa shape index (κ3) is 6.70. The Kier molecular flexibility index (Phi) is 8.27. The number of carbonyl (C=O) groups is 3. The standard InChI is InChI=1S/C24H30N2O5/c1-26(22(27)17-31-23(28)14-13-18-8-3-2-4-9-18)21-12-6-5-11-20(21)24(29)25-16-19-10-7-15-30-19/h5-7,10-12,15,18H,2-4,8-9,13-14,16-17H2,1H3,(H,25,29). The lowest BCUT2D eigenvalue weighted by Gasteiger charge is -2.21. The summed E-state index contributed by atoms with van der Waals surface area (Å²) < 4.78 is 10.4. The number of amides is 2. The van der Waals surface area contributed by atoms with Gasteiger partial charge in [0, 0.05) is 13.5 Å². The van der Waals surface area contributed by atoms with Gasteiger partial charge in [-0.25, -0.2) is 0 Å². The van der Waals surface area contributed by atoms with Crippen molar-refractivity contribution in [3.63, 3.8) is 0 Å². The first-order valence-corrected chi connectivity index (χ1v) is 10.9. The number of ether oxygens (including phenoxy) is 1. The summed E-state index contributed by atoms with van der Waals surface area (Å²) in [7, 11) is 1.57. The topological polar surface area (TPSA) is 88.8 Å². The summed E-state index contributed by atoms with van der Waals surface area (Å²) in [5.41, 5.74) is 0.802. The van der Waals surface area contributed by atoms with Gasteiger partial charge in [0.2, 0.25) is 0 Å². The number of para-hydroxylation sites is 1. The summed E-state index contributed by atoms with van der Waals surface area (Å²) in [6.07, 6.45) is 8.80. The van der Waals surface area contributed by atoms with E-state index in [1.54, 1.807) is 49.7 Å². The molecule has 1 aromatic carbocycles. The molecule has 7 nitrogen and oxygen atoms in total. The molecule has 1 fully saturated rings. The van der Waals surface area contributed by atoms with Crippen LogP contribution in [0.5, 0.6) is 0 Å². The highest BCUT2D eigenvalue weighted by Crippen LogP contribution is 2.27. The first-order valence-electron chi connectivity index (χ1n) is 10.9. The van der Waals surface area contributed by atoms with E-state index < -0.39 is 5.91 Å². The van der Waals surface area contributed by atoms with Gasteiger partial charge in [-0.2, -0.15) is 0 Å². The van der Waals surface area contributed by atoms with Crippen LogP contribution in [0.15, 0.2) is 47.1 Å². The van der Waals surface area contributed by atoms with Gasteiger partial charge in [0.05, 0.1) is 24.1 Å². The highest BCUT2D eigenvalue weighted by molar-refractivity contribution is 6.05. The van der Waals surface area contributed by atoms with Crippen LogP contribution in [0.1, 0.15) is 61.1 Å². The number of esters is 1. The first kappa shape index (κ1) is 22.6. The molecule has 0 unspecified atom stereocenters. The third-order valence-corrected chi connectivity index (χ3v) is 5.73. The third-order valence-electron chi connectivity index (χ3n) is 5.73. The summed E-state index contributed by atoms with van der Waals surface area (Å²) in [6.45, 7) is -0.0984. The molecule has 0 spiro atoms. The molecule has 2 aromatic rings. The number of nitrogens with one attached hydrogen (secondary N) is 1. The number of carbonyl (C=O) groups excluding carboxylic acids is 3. The van der Waals surface area contributed by atoms with Crippen LogP contribution in [0, 0.1) is 5.92 Å². The fourth-order valence-corrected chi connectivity index (χ4v) is 3.88. The molecule has 1 aliphatic carbocycles. The Bertz CT molecular complexity index is 872. The van der Waals surface area contributed by atoms with E-state index in [9.17, 15) is 14.4 Å². The van der Waals surface area contributed by atoms with Crippen molar-refractivity contribution >= 4 is 23.5 Å². The second-order valence-electron chi connectivity index (χ2n) is 7.94. The van der Waals surface area contributed by atoms with Crippen molar-refractivity contribution in [2.24, 2.45) is 5.92 Å².